The molecule has 2 amide bonds. The number of amides is 2. The van der Waals surface area contributed by atoms with Crippen LogP contribution < -0.4 is 9.64 Å². The normalized spacial score (nSPS) is 17.2. The van der Waals surface area contributed by atoms with Crippen molar-refractivity contribution in [1.82, 2.24) is 9.88 Å². The molecule has 1 aromatic heterocycles. The van der Waals surface area contributed by atoms with Gasteiger partial charge in [0, 0.05) is 41.4 Å². The van der Waals surface area contributed by atoms with E-state index in [0.29, 0.717) is 12.3 Å². The van der Waals surface area contributed by atoms with Gasteiger partial charge in [0.1, 0.15) is 12.3 Å². The van der Waals surface area contributed by atoms with Crippen LogP contribution >= 0.6 is 0 Å². The van der Waals surface area contributed by atoms with Gasteiger partial charge in [-0.1, -0.05) is 24.3 Å². The maximum absolute atomic E-state index is 12.9. The van der Waals surface area contributed by atoms with E-state index in [1.165, 1.54) is 0 Å². The van der Waals surface area contributed by atoms with Crippen LogP contribution in [-0.4, -0.2) is 47.9 Å². The number of nitrogens with zero attached hydrogens (tertiary/aromatic N) is 2. The van der Waals surface area contributed by atoms with Crippen molar-refractivity contribution >= 4 is 28.4 Å². The monoisotopic (exact) mass is 377 g/mol. The molecule has 1 N–H and O–H groups in total. The second-order valence-corrected chi connectivity index (χ2v) is 7.11. The summed E-state index contributed by atoms with van der Waals surface area (Å²) in [5.41, 5.74) is 2.76. The van der Waals surface area contributed by atoms with Gasteiger partial charge in [0.25, 0.3) is 0 Å². The van der Waals surface area contributed by atoms with Gasteiger partial charge >= 0.3 is 0 Å². The number of benzene rings is 2. The van der Waals surface area contributed by atoms with Crippen molar-refractivity contribution in [2.75, 3.05) is 25.1 Å². The lowest BCUT2D eigenvalue weighted by atomic mass is 10.1. The third-order valence-electron chi connectivity index (χ3n) is 5.29. The zero-order valence-corrected chi connectivity index (χ0v) is 16.0. The average Bonchev–Trinajstić information content (AvgIpc) is 3.12. The van der Waals surface area contributed by atoms with Crippen LogP contribution in [0.3, 0.4) is 0 Å². The number of hydrogen-bond donors (Lipinski definition) is 1. The number of piperazine rings is 1. The summed E-state index contributed by atoms with van der Waals surface area (Å²) in [6, 6.07) is 15.3. The highest BCUT2D eigenvalue weighted by molar-refractivity contribution is 5.99. The summed E-state index contributed by atoms with van der Waals surface area (Å²) in [5.74, 6) is 0.588. The summed E-state index contributed by atoms with van der Waals surface area (Å²) in [6.07, 6.45) is 2.16. The van der Waals surface area contributed by atoms with Gasteiger partial charge in [-0.05, 0) is 30.7 Å². The van der Waals surface area contributed by atoms with Crippen LogP contribution in [0.15, 0.2) is 54.7 Å². The lowest BCUT2D eigenvalue weighted by Crippen LogP contribution is -2.57. The Hall–Kier alpha value is -3.28. The number of fused-ring (bicyclic) bond motifs is 1. The fraction of sp³-hybridized carbons (Fsp3) is 0.273. The number of para-hydroxylation sites is 1. The Kier molecular flexibility index (Phi) is 4.77. The summed E-state index contributed by atoms with van der Waals surface area (Å²) < 4.78 is 5.26. The van der Waals surface area contributed by atoms with Gasteiger partial charge in [-0.2, -0.15) is 0 Å². The van der Waals surface area contributed by atoms with E-state index in [1.807, 2.05) is 61.7 Å². The number of hydrogen-bond acceptors (Lipinski definition) is 3. The SMILES string of the molecule is COc1cccc(N2C[C@H](C)N(C(=O)Cc3c[nH]c4ccccc34)CC2=O)c1. The average molecular weight is 377 g/mol. The number of aromatic nitrogens is 1. The smallest absolute Gasteiger partial charge is 0.246 e. The minimum absolute atomic E-state index is 0.0316. The Balaban J connectivity index is 1.49. The zero-order valence-electron chi connectivity index (χ0n) is 16.0. The summed E-state index contributed by atoms with van der Waals surface area (Å²) in [5, 5.41) is 1.05. The minimum atomic E-state index is -0.0846. The maximum Gasteiger partial charge on any atom is 0.246 e. The summed E-state index contributed by atoms with van der Waals surface area (Å²) in [7, 11) is 1.60. The summed E-state index contributed by atoms with van der Waals surface area (Å²) in [4.78, 5) is 32.3. The first-order valence-electron chi connectivity index (χ1n) is 9.35. The van der Waals surface area contributed by atoms with Crippen molar-refractivity contribution in [2.24, 2.45) is 0 Å². The molecule has 28 heavy (non-hydrogen) atoms. The highest BCUT2D eigenvalue weighted by Crippen LogP contribution is 2.25. The lowest BCUT2D eigenvalue weighted by Gasteiger charge is -2.39. The van der Waals surface area contributed by atoms with Crippen molar-refractivity contribution < 1.29 is 14.3 Å². The molecule has 1 aliphatic rings. The molecule has 6 heteroatoms. The maximum atomic E-state index is 12.9. The molecular weight excluding hydrogens is 354 g/mol. The molecule has 6 nitrogen and oxygen atoms in total. The van der Waals surface area contributed by atoms with E-state index in [2.05, 4.69) is 4.98 Å². The van der Waals surface area contributed by atoms with Crippen molar-refractivity contribution in [3.8, 4) is 5.75 Å². The number of carbonyl (C=O) groups excluding carboxylic acids is 2. The Labute approximate surface area is 163 Å². The highest BCUT2D eigenvalue weighted by atomic mass is 16.5. The molecule has 144 valence electrons. The highest BCUT2D eigenvalue weighted by Gasteiger charge is 2.33. The van der Waals surface area contributed by atoms with Crippen LogP contribution in [0.2, 0.25) is 0 Å². The largest absolute Gasteiger partial charge is 0.497 e. The molecule has 3 aromatic rings. The number of methoxy groups -OCH3 is 1. The van der Waals surface area contributed by atoms with Crippen LogP contribution in [0.25, 0.3) is 10.9 Å². The molecule has 1 fully saturated rings. The summed E-state index contributed by atoms with van der Waals surface area (Å²) in [6.45, 7) is 2.53. The number of nitrogens with one attached hydrogen (secondary N) is 1. The number of anilines is 1. The van der Waals surface area contributed by atoms with E-state index in [4.69, 9.17) is 4.74 Å². The molecule has 0 bridgehead atoms. The van der Waals surface area contributed by atoms with Crippen molar-refractivity contribution in [2.45, 2.75) is 19.4 Å². The van der Waals surface area contributed by atoms with Crippen LogP contribution in [0.1, 0.15) is 12.5 Å². The van der Waals surface area contributed by atoms with E-state index in [9.17, 15) is 9.59 Å². The molecule has 1 aliphatic heterocycles. The Morgan fingerprint density at radius 3 is 2.86 bits per heavy atom. The molecular formula is C22H23N3O3. The van der Waals surface area contributed by atoms with Gasteiger partial charge in [-0.15, -0.1) is 0 Å². The standard InChI is InChI=1S/C22H23N3O3/c1-15-13-25(17-6-5-7-18(11-17)28-2)22(27)14-24(15)21(26)10-16-12-23-20-9-4-3-8-19(16)20/h3-9,11-12,15,23H,10,13-14H2,1-2H3/t15-/m0/s1. The van der Waals surface area contributed by atoms with Gasteiger partial charge in [0.2, 0.25) is 11.8 Å². The zero-order chi connectivity index (χ0) is 19.7. The molecule has 0 radical (unpaired) electrons. The van der Waals surface area contributed by atoms with E-state index >= 15 is 0 Å². The van der Waals surface area contributed by atoms with E-state index in [-0.39, 0.29) is 30.8 Å². The van der Waals surface area contributed by atoms with Crippen molar-refractivity contribution in [3.05, 3.63) is 60.3 Å². The van der Waals surface area contributed by atoms with E-state index in [0.717, 1.165) is 22.2 Å². The van der Waals surface area contributed by atoms with Crippen LogP contribution in [0.5, 0.6) is 5.75 Å². The van der Waals surface area contributed by atoms with Crippen LogP contribution in [0.4, 0.5) is 5.69 Å². The first-order chi connectivity index (χ1) is 13.6. The molecule has 1 atom stereocenters. The topological polar surface area (TPSA) is 65.6 Å². The molecule has 0 spiro atoms. The van der Waals surface area contributed by atoms with Gasteiger partial charge in [-0.3, -0.25) is 9.59 Å². The molecule has 1 saturated heterocycles. The number of aromatic amines is 1. The van der Waals surface area contributed by atoms with E-state index < -0.39 is 0 Å². The lowest BCUT2D eigenvalue weighted by molar-refractivity contribution is -0.138. The first-order valence-corrected chi connectivity index (χ1v) is 9.35. The predicted octanol–water partition coefficient (Wildman–Crippen LogP) is 2.98. The predicted molar refractivity (Wildman–Crippen MR) is 109 cm³/mol. The quantitative estimate of drug-likeness (QED) is 0.760. The molecule has 4 rings (SSSR count). The third kappa shape index (κ3) is 3.33. The van der Waals surface area contributed by atoms with E-state index in [1.54, 1.807) is 16.9 Å². The number of ether oxygens (including phenoxy) is 1. The number of H-pyrrole nitrogens is 1. The van der Waals surface area contributed by atoms with Gasteiger partial charge in [0.15, 0.2) is 0 Å². The number of carbonyl (C=O) groups is 2. The van der Waals surface area contributed by atoms with Gasteiger partial charge in [0.05, 0.1) is 13.5 Å². The fourth-order valence-electron chi connectivity index (χ4n) is 3.76. The Morgan fingerprint density at radius 1 is 1.21 bits per heavy atom. The Bertz CT molecular complexity index is 1030. The van der Waals surface area contributed by atoms with Crippen LogP contribution in [0, 0.1) is 0 Å². The molecule has 2 heterocycles. The van der Waals surface area contributed by atoms with Crippen LogP contribution in [-0.2, 0) is 16.0 Å². The third-order valence-corrected chi connectivity index (χ3v) is 5.29. The van der Waals surface area contributed by atoms with Crippen molar-refractivity contribution in [1.29, 1.82) is 0 Å². The molecule has 2 aromatic carbocycles. The number of rotatable bonds is 4. The second kappa shape index (κ2) is 7.38. The Morgan fingerprint density at radius 2 is 2.04 bits per heavy atom. The molecule has 0 aliphatic carbocycles. The van der Waals surface area contributed by atoms with Crippen molar-refractivity contribution in [3.63, 3.8) is 0 Å². The van der Waals surface area contributed by atoms with Gasteiger partial charge in [-0.25, -0.2) is 0 Å². The van der Waals surface area contributed by atoms with Gasteiger partial charge < -0.3 is 19.5 Å². The fourth-order valence-corrected chi connectivity index (χ4v) is 3.76. The molecule has 0 saturated carbocycles. The second-order valence-electron chi connectivity index (χ2n) is 7.11. The first kappa shape index (κ1) is 18.1. The molecule has 0 unspecified atom stereocenters. The minimum Gasteiger partial charge on any atom is -0.497 e. The summed E-state index contributed by atoms with van der Waals surface area (Å²) >= 11 is 0.